The van der Waals surface area contributed by atoms with E-state index in [2.05, 4.69) is 10.3 Å². The number of amides is 1. The standard InChI is InChI=1S/C16H19N3O2/c1-21-16-13(8-5-10-19-16)15(20)18-11-9-14(17)12-6-3-2-4-7-12/h2-8,10,14H,9,11,17H2,1H3,(H,18,20). The number of nitrogens with zero attached hydrogens (tertiary/aromatic N) is 1. The van der Waals surface area contributed by atoms with E-state index in [1.807, 2.05) is 30.3 Å². The molecular weight excluding hydrogens is 266 g/mol. The van der Waals surface area contributed by atoms with Gasteiger partial charge in [-0.15, -0.1) is 0 Å². The zero-order valence-electron chi connectivity index (χ0n) is 12.0. The zero-order valence-corrected chi connectivity index (χ0v) is 12.0. The molecule has 1 amide bonds. The molecule has 0 aliphatic heterocycles. The third kappa shape index (κ3) is 4.03. The Kier molecular flexibility index (Phi) is 5.29. The molecule has 3 N–H and O–H groups in total. The fourth-order valence-electron chi connectivity index (χ4n) is 2.03. The molecule has 1 aromatic carbocycles. The first-order valence-electron chi connectivity index (χ1n) is 6.80. The first kappa shape index (κ1) is 15.0. The highest BCUT2D eigenvalue weighted by atomic mass is 16.5. The summed E-state index contributed by atoms with van der Waals surface area (Å²) in [6, 6.07) is 13.1. The highest BCUT2D eigenvalue weighted by Gasteiger charge is 2.13. The van der Waals surface area contributed by atoms with Crippen molar-refractivity contribution in [3.63, 3.8) is 0 Å². The largest absolute Gasteiger partial charge is 0.480 e. The number of hydrogen-bond donors (Lipinski definition) is 2. The fourth-order valence-corrected chi connectivity index (χ4v) is 2.03. The van der Waals surface area contributed by atoms with Crippen molar-refractivity contribution in [2.45, 2.75) is 12.5 Å². The minimum Gasteiger partial charge on any atom is -0.480 e. The molecule has 2 rings (SSSR count). The molecule has 1 heterocycles. The van der Waals surface area contributed by atoms with Crippen LogP contribution in [0.5, 0.6) is 5.88 Å². The molecule has 1 unspecified atom stereocenters. The molecule has 5 heteroatoms. The summed E-state index contributed by atoms with van der Waals surface area (Å²) in [5.74, 6) is 0.113. The summed E-state index contributed by atoms with van der Waals surface area (Å²) in [7, 11) is 1.49. The van der Waals surface area contributed by atoms with Gasteiger partial charge in [0.2, 0.25) is 5.88 Å². The Labute approximate surface area is 124 Å². The number of nitrogens with one attached hydrogen (secondary N) is 1. The molecule has 21 heavy (non-hydrogen) atoms. The summed E-state index contributed by atoms with van der Waals surface area (Å²) < 4.78 is 5.07. The summed E-state index contributed by atoms with van der Waals surface area (Å²) in [5, 5.41) is 2.84. The van der Waals surface area contributed by atoms with Crippen LogP contribution in [0.3, 0.4) is 0 Å². The van der Waals surface area contributed by atoms with Gasteiger partial charge in [0, 0.05) is 18.8 Å². The van der Waals surface area contributed by atoms with Gasteiger partial charge in [-0.2, -0.15) is 0 Å². The number of ether oxygens (including phenoxy) is 1. The van der Waals surface area contributed by atoms with Gasteiger partial charge < -0.3 is 15.8 Å². The van der Waals surface area contributed by atoms with Crippen molar-refractivity contribution < 1.29 is 9.53 Å². The summed E-state index contributed by atoms with van der Waals surface area (Å²) in [4.78, 5) is 16.1. The van der Waals surface area contributed by atoms with Gasteiger partial charge in [-0.3, -0.25) is 4.79 Å². The van der Waals surface area contributed by atoms with E-state index in [1.165, 1.54) is 7.11 Å². The van der Waals surface area contributed by atoms with E-state index in [0.29, 0.717) is 24.4 Å². The fraction of sp³-hybridized carbons (Fsp3) is 0.250. The molecule has 0 bridgehead atoms. The minimum atomic E-state index is -0.208. The van der Waals surface area contributed by atoms with E-state index < -0.39 is 0 Å². The Bertz CT molecular complexity index is 587. The average molecular weight is 285 g/mol. The average Bonchev–Trinajstić information content (AvgIpc) is 2.55. The van der Waals surface area contributed by atoms with E-state index in [0.717, 1.165) is 5.56 Å². The van der Waals surface area contributed by atoms with Crippen LogP contribution in [0.4, 0.5) is 0 Å². The molecule has 0 fully saturated rings. The van der Waals surface area contributed by atoms with Gasteiger partial charge >= 0.3 is 0 Å². The predicted molar refractivity (Wildman–Crippen MR) is 81.1 cm³/mol. The number of aromatic nitrogens is 1. The van der Waals surface area contributed by atoms with Crippen molar-refractivity contribution in [1.29, 1.82) is 0 Å². The number of hydrogen-bond acceptors (Lipinski definition) is 4. The van der Waals surface area contributed by atoms with Crippen molar-refractivity contribution in [2.24, 2.45) is 5.73 Å². The van der Waals surface area contributed by atoms with Crippen molar-refractivity contribution in [3.05, 3.63) is 59.8 Å². The Balaban J connectivity index is 1.87. The summed E-state index contributed by atoms with van der Waals surface area (Å²) in [5.41, 5.74) is 7.57. The predicted octanol–water partition coefficient (Wildman–Crippen LogP) is 1.91. The van der Waals surface area contributed by atoms with Crippen LogP contribution >= 0.6 is 0 Å². The smallest absolute Gasteiger partial charge is 0.256 e. The van der Waals surface area contributed by atoms with Crippen LogP contribution < -0.4 is 15.8 Å². The Morgan fingerprint density at radius 2 is 2.05 bits per heavy atom. The Hall–Kier alpha value is -2.40. The molecule has 2 aromatic rings. The van der Waals surface area contributed by atoms with Gasteiger partial charge in [0.1, 0.15) is 5.56 Å². The van der Waals surface area contributed by atoms with E-state index in [9.17, 15) is 4.79 Å². The number of benzene rings is 1. The molecule has 1 aromatic heterocycles. The lowest BCUT2D eigenvalue weighted by atomic mass is 10.1. The summed E-state index contributed by atoms with van der Waals surface area (Å²) >= 11 is 0. The van der Waals surface area contributed by atoms with Crippen LogP contribution in [-0.4, -0.2) is 24.5 Å². The Morgan fingerprint density at radius 3 is 2.76 bits per heavy atom. The molecule has 0 saturated carbocycles. The SMILES string of the molecule is COc1ncccc1C(=O)NCCC(N)c1ccccc1. The van der Waals surface area contributed by atoms with E-state index in [4.69, 9.17) is 10.5 Å². The van der Waals surface area contributed by atoms with Gasteiger partial charge in [-0.25, -0.2) is 4.98 Å². The van der Waals surface area contributed by atoms with E-state index >= 15 is 0 Å². The van der Waals surface area contributed by atoms with Gasteiger partial charge in [-0.05, 0) is 24.1 Å². The van der Waals surface area contributed by atoms with Crippen molar-refractivity contribution in [1.82, 2.24) is 10.3 Å². The highest BCUT2D eigenvalue weighted by Crippen LogP contribution is 2.14. The second-order valence-electron chi connectivity index (χ2n) is 4.62. The second-order valence-corrected chi connectivity index (χ2v) is 4.62. The number of nitrogens with two attached hydrogens (primary N) is 1. The summed E-state index contributed by atoms with van der Waals surface area (Å²) in [6.07, 6.45) is 2.25. The van der Waals surface area contributed by atoms with E-state index in [1.54, 1.807) is 18.3 Å². The number of carbonyl (C=O) groups is 1. The molecule has 0 radical (unpaired) electrons. The third-order valence-corrected chi connectivity index (χ3v) is 3.18. The van der Waals surface area contributed by atoms with Crippen LogP contribution in [0.25, 0.3) is 0 Å². The van der Waals surface area contributed by atoms with Crippen LogP contribution in [0, 0.1) is 0 Å². The minimum absolute atomic E-state index is 0.0951. The maximum atomic E-state index is 12.1. The lowest BCUT2D eigenvalue weighted by Crippen LogP contribution is -2.27. The van der Waals surface area contributed by atoms with Gasteiger partial charge in [-0.1, -0.05) is 30.3 Å². The number of pyridine rings is 1. The normalized spacial score (nSPS) is 11.7. The van der Waals surface area contributed by atoms with Crippen LogP contribution in [0.1, 0.15) is 28.4 Å². The lowest BCUT2D eigenvalue weighted by molar-refractivity contribution is 0.0948. The van der Waals surface area contributed by atoms with Gasteiger partial charge in [0.25, 0.3) is 5.91 Å². The van der Waals surface area contributed by atoms with Gasteiger partial charge in [0.15, 0.2) is 0 Å². The van der Waals surface area contributed by atoms with Crippen molar-refractivity contribution in [3.8, 4) is 5.88 Å². The maximum absolute atomic E-state index is 12.1. The molecule has 110 valence electrons. The van der Waals surface area contributed by atoms with Crippen molar-refractivity contribution in [2.75, 3.05) is 13.7 Å². The van der Waals surface area contributed by atoms with Crippen LogP contribution in [0.15, 0.2) is 48.7 Å². The Morgan fingerprint density at radius 1 is 1.29 bits per heavy atom. The lowest BCUT2D eigenvalue weighted by Gasteiger charge is -2.13. The molecule has 0 spiro atoms. The van der Waals surface area contributed by atoms with E-state index in [-0.39, 0.29) is 11.9 Å². The number of methoxy groups -OCH3 is 1. The van der Waals surface area contributed by atoms with Crippen LogP contribution in [-0.2, 0) is 0 Å². The van der Waals surface area contributed by atoms with Gasteiger partial charge in [0.05, 0.1) is 7.11 Å². The van der Waals surface area contributed by atoms with Crippen LogP contribution in [0.2, 0.25) is 0 Å². The topological polar surface area (TPSA) is 77.2 Å². The second kappa shape index (κ2) is 7.40. The molecule has 0 aliphatic carbocycles. The molecular formula is C16H19N3O2. The zero-order chi connectivity index (χ0) is 15.1. The maximum Gasteiger partial charge on any atom is 0.256 e. The molecule has 0 saturated heterocycles. The first-order chi connectivity index (χ1) is 10.2. The monoisotopic (exact) mass is 285 g/mol. The van der Waals surface area contributed by atoms with Crippen molar-refractivity contribution >= 4 is 5.91 Å². The number of carbonyl (C=O) groups excluding carboxylic acids is 1. The molecule has 5 nitrogen and oxygen atoms in total. The molecule has 0 aliphatic rings. The highest BCUT2D eigenvalue weighted by molar-refractivity contribution is 5.96. The molecule has 1 atom stereocenters. The third-order valence-electron chi connectivity index (χ3n) is 3.18. The number of rotatable bonds is 6. The quantitative estimate of drug-likeness (QED) is 0.850. The first-order valence-corrected chi connectivity index (χ1v) is 6.80. The summed E-state index contributed by atoms with van der Waals surface area (Å²) in [6.45, 7) is 0.493.